The van der Waals surface area contributed by atoms with Gasteiger partial charge in [-0.25, -0.2) is 0 Å². The van der Waals surface area contributed by atoms with E-state index < -0.39 is 30.0 Å². The van der Waals surface area contributed by atoms with E-state index in [1.807, 2.05) is 6.92 Å². The lowest BCUT2D eigenvalue weighted by Crippen LogP contribution is -2.53. The van der Waals surface area contributed by atoms with Gasteiger partial charge in [0.15, 0.2) is 0 Å². The first-order chi connectivity index (χ1) is 10.7. The number of aliphatic hydroxyl groups is 1. The highest BCUT2D eigenvalue weighted by molar-refractivity contribution is 5.90. The Morgan fingerprint density at radius 3 is 2.39 bits per heavy atom. The lowest BCUT2D eigenvalue weighted by atomic mass is 10.1. The summed E-state index contributed by atoms with van der Waals surface area (Å²) in [6.07, 6.45) is -0.147. The van der Waals surface area contributed by atoms with Gasteiger partial charge in [-0.05, 0) is 6.42 Å². The molecule has 0 aliphatic rings. The number of nitrogens with zero attached hydrogens (tertiary/aromatic N) is 1. The van der Waals surface area contributed by atoms with E-state index in [1.54, 1.807) is 14.1 Å². The van der Waals surface area contributed by atoms with Crippen molar-refractivity contribution in [3.05, 3.63) is 0 Å². The van der Waals surface area contributed by atoms with Gasteiger partial charge in [0.1, 0.15) is 12.1 Å². The lowest BCUT2D eigenvalue weighted by molar-refractivity contribution is -0.136. The van der Waals surface area contributed by atoms with Crippen molar-refractivity contribution in [1.82, 2.24) is 15.5 Å². The molecule has 0 aliphatic carbocycles. The number of aliphatic hydroxyl groups excluding tert-OH is 1. The van der Waals surface area contributed by atoms with Crippen LogP contribution in [-0.2, 0) is 19.1 Å². The number of nitrogens with one attached hydrogen (secondary N) is 2. The Kier molecular flexibility index (Phi) is 10.1. The van der Waals surface area contributed by atoms with E-state index in [1.165, 1.54) is 12.0 Å². The van der Waals surface area contributed by atoms with E-state index in [-0.39, 0.29) is 19.1 Å². The Labute approximate surface area is 136 Å². The van der Waals surface area contributed by atoms with Crippen LogP contribution in [0, 0.1) is 0 Å². The highest BCUT2D eigenvalue weighted by Gasteiger charge is 2.25. The number of hydrogen-bond donors (Lipinski definition) is 4. The van der Waals surface area contributed by atoms with E-state index in [2.05, 4.69) is 10.6 Å². The number of nitrogens with two attached hydrogens (primary N) is 1. The van der Waals surface area contributed by atoms with Gasteiger partial charge in [-0.2, -0.15) is 0 Å². The number of amides is 3. The second-order valence-electron chi connectivity index (χ2n) is 5.42. The molecule has 134 valence electrons. The molecule has 0 aromatic heterocycles. The van der Waals surface area contributed by atoms with Crippen LogP contribution in [0.25, 0.3) is 0 Å². The van der Waals surface area contributed by atoms with Gasteiger partial charge in [-0.3, -0.25) is 14.4 Å². The maximum atomic E-state index is 11.9. The summed E-state index contributed by atoms with van der Waals surface area (Å²) in [5.41, 5.74) is 5.65. The van der Waals surface area contributed by atoms with Crippen LogP contribution in [-0.4, -0.2) is 80.3 Å². The average molecular weight is 332 g/mol. The number of carbonyl (C=O) groups is 3. The first-order valence-corrected chi connectivity index (χ1v) is 7.45. The molecule has 9 nitrogen and oxygen atoms in total. The topological polar surface area (TPSA) is 134 Å². The summed E-state index contributed by atoms with van der Waals surface area (Å²) in [5.74, 6) is -1.60. The maximum absolute atomic E-state index is 11.9. The second kappa shape index (κ2) is 10.9. The summed E-state index contributed by atoms with van der Waals surface area (Å²) in [6.45, 7) is 1.53. The number of ether oxygens (including phenoxy) is 1. The highest BCUT2D eigenvalue weighted by Crippen LogP contribution is 1.99. The minimum atomic E-state index is -1.37. The third kappa shape index (κ3) is 7.91. The highest BCUT2D eigenvalue weighted by atomic mass is 16.5. The SMILES string of the molecule is CCC[C@H](N)C(O)C(=O)NCC(=O)N[C@@H](COC)C(=O)N(C)C. The quantitative estimate of drug-likeness (QED) is 0.359. The normalized spacial score (nSPS) is 14.5. The van der Waals surface area contributed by atoms with E-state index in [0.717, 1.165) is 6.42 Å². The molecule has 0 aliphatic heterocycles. The summed E-state index contributed by atoms with van der Waals surface area (Å²) in [5, 5.41) is 14.5. The standard InChI is InChI=1S/C14H28N4O5/c1-5-6-9(15)12(20)13(21)16-7-11(19)17-10(8-23-4)14(22)18(2)3/h9-10,12,20H,5-8,15H2,1-4H3,(H,16,21)(H,17,19)/t9-,10-,12?/m0/s1. The van der Waals surface area contributed by atoms with Crippen LogP contribution in [0.1, 0.15) is 19.8 Å². The summed E-state index contributed by atoms with van der Waals surface area (Å²) < 4.78 is 4.89. The van der Waals surface area contributed by atoms with Crippen LogP contribution in [0.15, 0.2) is 0 Å². The lowest BCUT2D eigenvalue weighted by Gasteiger charge is -2.21. The van der Waals surface area contributed by atoms with Crippen LogP contribution >= 0.6 is 0 Å². The van der Waals surface area contributed by atoms with Crippen molar-refractivity contribution in [2.24, 2.45) is 5.73 Å². The van der Waals surface area contributed by atoms with Crippen LogP contribution in [0.3, 0.4) is 0 Å². The molecule has 3 amide bonds. The summed E-state index contributed by atoms with van der Waals surface area (Å²) in [7, 11) is 4.53. The number of methoxy groups -OCH3 is 1. The minimum Gasteiger partial charge on any atom is -0.382 e. The molecule has 0 bridgehead atoms. The maximum Gasteiger partial charge on any atom is 0.250 e. The Morgan fingerprint density at radius 2 is 1.91 bits per heavy atom. The molecular formula is C14H28N4O5. The zero-order chi connectivity index (χ0) is 18.0. The summed E-state index contributed by atoms with van der Waals surface area (Å²) >= 11 is 0. The molecule has 0 saturated heterocycles. The molecular weight excluding hydrogens is 304 g/mol. The van der Waals surface area contributed by atoms with Gasteiger partial charge < -0.3 is 31.1 Å². The fourth-order valence-corrected chi connectivity index (χ4v) is 1.86. The van der Waals surface area contributed by atoms with Crippen molar-refractivity contribution in [3.63, 3.8) is 0 Å². The van der Waals surface area contributed by atoms with Crippen molar-refractivity contribution in [1.29, 1.82) is 0 Å². The van der Waals surface area contributed by atoms with Crippen molar-refractivity contribution in [2.45, 2.75) is 38.0 Å². The molecule has 3 atom stereocenters. The number of rotatable bonds is 10. The third-order valence-electron chi connectivity index (χ3n) is 3.13. The molecule has 0 aromatic rings. The molecule has 0 saturated carbocycles. The van der Waals surface area contributed by atoms with Gasteiger partial charge in [-0.1, -0.05) is 13.3 Å². The Bertz CT molecular complexity index is 403. The molecule has 23 heavy (non-hydrogen) atoms. The largest absolute Gasteiger partial charge is 0.382 e. The third-order valence-corrected chi connectivity index (χ3v) is 3.13. The summed E-state index contributed by atoms with van der Waals surface area (Å²) in [6, 6.07) is -1.52. The molecule has 9 heteroatoms. The van der Waals surface area contributed by atoms with E-state index in [9.17, 15) is 19.5 Å². The Hall–Kier alpha value is -1.71. The van der Waals surface area contributed by atoms with Gasteiger partial charge in [0.2, 0.25) is 11.8 Å². The molecule has 1 unspecified atom stereocenters. The zero-order valence-corrected chi connectivity index (χ0v) is 14.2. The predicted octanol–water partition coefficient (Wildman–Crippen LogP) is -2.19. The fraction of sp³-hybridized carbons (Fsp3) is 0.786. The minimum absolute atomic E-state index is 0.0146. The van der Waals surface area contributed by atoms with Gasteiger partial charge in [0, 0.05) is 27.2 Å². The zero-order valence-electron chi connectivity index (χ0n) is 14.2. The smallest absolute Gasteiger partial charge is 0.250 e. The Balaban J connectivity index is 4.41. The van der Waals surface area contributed by atoms with Crippen LogP contribution in [0.4, 0.5) is 0 Å². The number of carbonyl (C=O) groups excluding carboxylic acids is 3. The monoisotopic (exact) mass is 332 g/mol. The second-order valence-corrected chi connectivity index (χ2v) is 5.42. The van der Waals surface area contributed by atoms with Crippen LogP contribution < -0.4 is 16.4 Å². The van der Waals surface area contributed by atoms with Crippen LogP contribution in [0.2, 0.25) is 0 Å². The van der Waals surface area contributed by atoms with E-state index >= 15 is 0 Å². The molecule has 0 spiro atoms. The van der Waals surface area contributed by atoms with Crippen LogP contribution in [0.5, 0.6) is 0 Å². The predicted molar refractivity (Wildman–Crippen MR) is 84.4 cm³/mol. The van der Waals surface area contributed by atoms with Crippen molar-refractivity contribution in [2.75, 3.05) is 34.4 Å². The van der Waals surface area contributed by atoms with Crippen molar-refractivity contribution < 1.29 is 24.2 Å². The fourth-order valence-electron chi connectivity index (χ4n) is 1.86. The first-order valence-electron chi connectivity index (χ1n) is 7.45. The van der Waals surface area contributed by atoms with E-state index in [4.69, 9.17) is 10.5 Å². The molecule has 0 heterocycles. The molecule has 0 fully saturated rings. The van der Waals surface area contributed by atoms with Crippen molar-refractivity contribution in [3.8, 4) is 0 Å². The van der Waals surface area contributed by atoms with Crippen molar-refractivity contribution >= 4 is 17.7 Å². The molecule has 0 rings (SSSR count). The van der Waals surface area contributed by atoms with Gasteiger partial charge in [0.05, 0.1) is 13.2 Å². The van der Waals surface area contributed by atoms with E-state index in [0.29, 0.717) is 6.42 Å². The first kappa shape index (κ1) is 21.3. The van der Waals surface area contributed by atoms with Gasteiger partial charge >= 0.3 is 0 Å². The average Bonchev–Trinajstić information content (AvgIpc) is 2.50. The summed E-state index contributed by atoms with van der Waals surface area (Å²) in [4.78, 5) is 36.7. The van der Waals surface area contributed by atoms with Gasteiger partial charge in [-0.15, -0.1) is 0 Å². The van der Waals surface area contributed by atoms with Gasteiger partial charge in [0.25, 0.3) is 5.91 Å². The Morgan fingerprint density at radius 1 is 1.30 bits per heavy atom. The number of likely N-dealkylation sites (N-methyl/N-ethyl adjacent to an activating group) is 1. The number of hydrogen-bond acceptors (Lipinski definition) is 6. The molecule has 5 N–H and O–H groups in total. The molecule has 0 aromatic carbocycles. The molecule has 0 radical (unpaired) electrons.